The second kappa shape index (κ2) is 6.56. The van der Waals surface area contributed by atoms with Gasteiger partial charge in [0.05, 0.1) is 11.6 Å². The molecular weight excluding hydrogens is 247 g/mol. The zero-order chi connectivity index (χ0) is 12.0. The van der Waals surface area contributed by atoms with Crippen LogP contribution in [-0.4, -0.2) is 11.8 Å². The Balaban J connectivity index is 2.90. The van der Waals surface area contributed by atoms with Gasteiger partial charge in [-0.2, -0.15) is 0 Å². The van der Waals surface area contributed by atoms with Crippen LogP contribution >= 0.6 is 23.2 Å². The molecule has 1 aromatic carbocycles. The summed E-state index contributed by atoms with van der Waals surface area (Å²) in [5.74, 6) is 0.618. The average Bonchev–Trinajstić information content (AvgIpc) is 2.26. The molecule has 16 heavy (non-hydrogen) atoms. The second-order valence-corrected chi connectivity index (χ2v) is 3.90. The zero-order valence-electron chi connectivity index (χ0n) is 8.87. The van der Waals surface area contributed by atoms with Crippen LogP contribution < -0.4 is 4.74 Å². The minimum absolute atomic E-state index is 0.491. The van der Waals surface area contributed by atoms with E-state index in [4.69, 9.17) is 27.9 Å². The van der Waals surface area contributed by atoms with E-state index in [-0.39, 0.29) is 0 Å². The lowest BCUT2D eigenvalue weighted by Gasteiger charge is -2.08. The molecule has 0 N–H and O–H groups in total. The van der Waals surface area contributed by atoms with Crippen molar-refractivity contribution in [2.45, 2.75) is 13.3 Å². The summed E-state index contributed by atoms with van der Waals surface area (Å²) in [6, 6.07) is 5.39. The predicted molar refractivity (Wildman–Crippen MR) is 67.1 cm³/mol. The largest absolute Gasteiger partial charge is 0.492 e. The van der Waals surface area contributed by atoms with E-state index in [9.17, 15) is 4.79 Å². The number of hydrogen-bond donors (Lipinski definition) is 0. The van der Waals surface area contributed by atoms with Crippen LogP contribution in [0.5, 0.6) is 5.75 Å². The number of allylic oxidation sites excluding steroid dienone is 1. The molecule has 0 radical (unpaired) electrons. The Labute approximate surface area is 105 Å². The van der Waals surface area contributed by atoms with Crippen molar-refractivity contribution in [3.63, 3.8) is 0 Å². The molecule has 0 unspecified atom stereocenters. The summed E-state index contributed by atoms with van der Waals surface area (Å²) < 4.78 is 5.45. The van der Waals surface area contributed by atoms with Gasteiger partial charge in [-0.15, -0.1) is 0 Å². The van der Waals surface area contributed by atoms with Gasteiger partial charge >= 0.3 is 0 Å². The Hall–Kier alpha value is -0.990. The Bertz CT molecular complexity index is 400. The molecule has 0 aliphatic heterocycles. The van der Waals surface area contributed by atoms with E-state index in [0.29, 0.717) is 22.9 Å². The summed E-state index contributed by atoms with van der Waals surface area (Å²) >= 11 is 11.3. The molecule has 2 nitrogen and oxygen atoms in total. The van der Waals surface area contributed by atoms with E-state index in [1.54, 1.807) is 18.2 Å². The number of rotatable bonds is 5. The van der Waals surface area contributed by atoms with E-state index < -0.39 is 5.24 Å². The lowest BCUT2D eigenvalue weighted by molar-refractivity contribution is -0.107. The standard InChI is InChI=1S/C12H12Cl2O2/c1-2-8-16-10-5-3-4-9(12(10)14)6-7-11(13)15/h3-7H,2,8H2,1H3. The Kier molecular flexibility index (Phi) is 5.36. The third kappa shape index (κ3) is 3.87. The van der Waals surface area contributed by atoms with Gasteiger partial charge in [0.2, 0.25) is 5.24 Å². The summed E-state index contributed by atoms with van der Waals surface area (Å²) in [5.41, 5.74) is 0.712. The van der Waals surface area contributed by atoms with Crippen LogP contribution in [0.3, 0.4) is 0 Å². The Morgan fingerprint density at radius 2 is 2.25 bits per heavy atom. The lowest BCUT2D eigenvalue weighted by atomic mass is 10.2. The van der Waals surface area contributed by atoms with Crippen LogP contribution in [0.25, 0.3) is 6.08 Å². The number of benzene rings is 1. The molecule has 0 spiro atoms. The van der Waals surface area contributed by atoms with Crippen LogP contribution in [-0.2, 0) is 4.79 Å². The topological polar surface area (TPSA) is 26.3 Å². The summed E-state index contributed by atoms with van der Waals surface area (Å²) in [6.07, 6.45) is 3.74. The molecule has 0 amide bonds. The number of ether oxygens (including phenoxy) is 1. The van der Waals surface area contributed by atoms with E-state index in [1.807, 2.05) is 13.0 Å². The van der Waals surface area contributed by atoms with Gasteiger partial charge in [-0.1, -0.05) is 30.7 Å². The molecule has 1 rings (SSSR count). The molecule has 0 saturated heterocycles. The average molecular weight is 259 g/mol. The first kappa shape index (κ1) is 13.1. The van der Waals surface area contributed by atoms with Crippen LogP contribution in [0.15, 0.2) is 24.3 Å². The maximum atomic E-state index is 10.6. The van der Waals surface area contributed by atoms with E-state index in [1.165, 1.54) is 6.08 Å². The van der Waals surface area contributed by atoms with Crippen molar-refractivity contribution in [1.82, 2.24) is 0 Å². The van der Waals surface area contributed by atoms with Crippen molar-refractivity contribution >= 4 is 34.5 Å². The van der Waals surface area contributed by atoms with Gasteiger partial charge < -0.3 is 4.74 Å². The Morgan fingerprint density at radius 1 is 1.50 bits per heavy atom. The van der Waals surface area contributed by atoms with Crippen LogP contribution in [0.2, 0.25) is 5.02 Å². The normalized spacial score (nSPS) is 10.7. The van der Waals surface area contributed by atoms with Crippen molar-refractivity contribution in [3.8, 4) is 5.75 Å². The van der Waals surface area contributed by atoms with Crippen LogP contribution in [0, 0.1) is 0 Å². The van der Waals surface area contributed by atoms with Gasteiger partial charge in [0, 0.05) is 0 Å². The van der Waals surface area contributed by atoms with Crippen molar-refractivity contribution in [1.29, 1.82) is 0 Å². The summed E-state index contributed by atoms with van der Waals surface area (Å²) in [5, 5.41) is -0.0407. The van der Waals surface area contributed by atoms with Crippen molar-refractivity contribution < 1.29 is 9.53 Å². The highest BCUT2D eigenvalue weighted by molar-refractivity contribution is 6.66. The molecule has 0 fully saturated rings. The number of halogens is 2. The van der Waals surface area contributed by atoms with E-state index in [0.717, 1.165) is 6.42 Å². The summed E-state index contributed by atoms with van der Waals surface area (Å²) in [7, 11) is 0. The van der Waals surface area contributed by atoms with Gasteiger partial charge in [-0.3, -0.25) is 4.79 Å². The quantitative estimate of drug-likeness (QED) is 0.592. The maximum Gasteiger partial charge on any atom is 0.245 e. The van der Waals surface area contributed by atoms with Gasteiger partial charge in [0.1, 0.15) is 5.75 Å². The molecule has 0 heterocycles. The van der Waals surface area contributed by atoms with Gasteiger partial charge in [0.25, 0.3) is 0 Å². The fourth-order valence-electron chi connectivity index (χ4n) is 1.14. The minimum atomic E-state index is -0.532. The van der Waals surface area contributed by atoms with Crippen LogP contribution in [0.1, 0.15) is 18.9 Å². The third-order valence-corrected chi connectivity index (χ3v) is 2.38. The SMILES string of the molecule is CCCOc1cccc(C=CC(=O)Cl)c1Cl. The molecule has 0 bridgehead atoms. The summed E-state index contributed by atoms with van der Waals surface area (Å²) in [4.78, 5) is 10.6. The summed E-state index contributed by atoms with van der Waals surface area (Å²) in [6.45, 7) is 2.63. The smallest absolute Gasteiger partial charge is 0.245 e. The first-order valence-electron chi connectivity index (χ1n) is 4.94. The fraction of sp³-hybridized carbons (Fsp3) is 0.250. The zero-order valence-corrected chi connectivity index (χ0v) is 10.4. The minimum Gasteiger partial charge on any atom is -0.492 e. The van der Waals surface area contributed by atoms with Crippen LogP contribution in [0.4, 0.5) is 0 Å². The highest BCUT2D eigenvalue weighted by Crippen LogP contribution is 2.29. The highest BCUT2D eigenvalue weighted by atomic mass is 35.5. The van der Waals surface area contributed by atoms with E-state index in [2.05, 4.69) is 0 Å². The molecule has 0 saturated carbocycles. The van der Waals surface area contributed by atoms with Gasteiger partial charge in [-0.25, -0.2) is 0 Å². The molecule has 4 heteroatoms. The molecule has 0 aliphatic carbocycles. The lowest BCUT2D eigenvalue weighted by Crippen LogP contribution is -1.96. The van der Waals surface area contributed by atoms with Gasteiger partial charge in [0.15, 0.2) is 0 Å². The highest BCUT2D eigenvalue weighted by Gasteiger charge is 2.04. The number of carbonyl (C=O) groups excluding carboxylic acids is 1. The number of carbonyl (C=O) groups is 1. The molecule has 0 aliphatic rings. The Morgan fingerprint density at radius 3 is 2.88 bits per heavy atom. The predicted octanol–water partition coefficient (Wildman–Crippen LogP) is 3.91. The molecular formula is C12H12Cl2O2. The van der Waals surface area contributed by atoms with E-state index >= 15 is 0 Å². The van der Waals surface area contributed by atoms with Crippen molar-refractivity contribution in [2.24, 2.45) is 0 Å². The first-order valence-corrected chi connectivity index (χ1v) is 5.69. The fourth-order valence-corrected chi connectivity index (χ4v) is 1.44. The number of hydrogen-bond acceptors (Lipinski definition) is 2. The molecule has 1 aromatic rings. The maximum absolute atomic E-state index is 10.6. The van der Waals surface area contributed by atoms with Gasteiger partial charge in [-0.05, 0) is 41.8 Å². The monoisotopic (exact) mass is 258 g/mol. The molecule has 0 atom stereocenters. The second-order valence-electron chi connectivity index (χ2n) is 3.15. The first-order chi connectivity index (χ1) is 7.65. The third-order valence-electron chi connectivity index (χ3n) is 1.85. The van der Waals surface area contributed by atoms with Crippen molar-refractivity contribution in [2.75, 3.05) is 6.61 Å². The molecule has 0 aromatic heterocycles. The molecule has 86 valence electrons. The van der Waals surface area contributed by atoms with Crippen molar-refractivity contribution in [3.05, 3.63) is 34.9 Å².